The molecule has 0 fully saturated rings. The van der Waals surface area contributed by atoms with Gasteiger partial charge in [0, 0.05) is 12.4 Å². The molecule has 0 spiro atoms. The predicted molar refractivity (Wildman–Crippen MR) is 39.9 cm³/mol. The van der Waals surface area contributed by atoms with E-state index in [0.29, 0.717) is 0 Å². The summed E-state index contributed by atoms with van der Waals surface area (Å²) in [6, 6.07) is 0. The number of Topliss-reactive ketones (excluding diaryl/α,β-unsaturated/α-hetero) is 1. The van der Waals surface area contributed by atoms with E-state index in [-0.39, 0.29) is 5.82 Å². The van der Waals surface area contributed by atoms with E-state index in [0.717, 1.165) is 5.56 Å². The van der Waals surface area contributed by atoms with Gasteiger partial charge < -0.3 is 0 Å². The molecule has 11 heavy (non-hydrogen) atoms. The third-order valence-electron chi connectivity index (χ3n) is 1.12. The summed E-state index contributed by atoms with van der Waals surface area (Å²) in [6.07, 6.45) is 7.97. The molecule has 0 N–H and O–H groups in total. The molecule has 1 aromatic rings. The molecule has 3 nitrogen and oxygen atoms in total. The lowest BCUT2D eigenvalue weighted by molar-refractivity contribution is 0.104. The van der Waals surface area contributed by atoms with Crippen molar-refractivity contribution in [2.75, 3.05) is 0 Å². The first-order chi connectivity index (χ1) is 5.24. The summed E-state index contributed by atoms with van der Waals surface area (Å²) in [5.74, 6) is 1.54. The summed E-state index contributed by atoms with van der Waals surface area (Å²) in [7, 11) is 0. The number of aryl methyl sites for hydroxylation is 1. The van der Waals surface area contributed by atoms with Gasteiger partial charge in [-0.3, -0.25) is 4.79 Å². The number of nitrogens with zero attached hydrogens (tertiary/aromatic N) is 2. The number of hydrogen-bond acceptors (Lipinski definition) is 3. The standard InChI is InChI=1S/C8H6N2O/c1-3-7(11)8-9-4-6(2)5-10-8/h1,4-5H,2H3. The number of hydrogen-bond donors (Lipinski definition) is 0. The summed E-state index contributed by atoms with van der Waals surface area (Å²) in [5, 5.41) is 0. The Labute approximate surface area is 64.5 Å². The first-order valence-corrected chi connectivity index (χ1v) is 3.03. The lowest BCUT2D eigenvalue weighted by Crippen LogP contribution is -2.01. The van der Waals surface area contributed by atoms with Gasteiger partial charge in [0.1, 0.15) is 0 Å². The van der Waals surface area contributed by atoms with E-state index in [4.69, 9.17) is 6.42 Å². The molecular weight excluding hydrogens is 140 g/mol. The van der Waals surface area contributed by atoms with Crippen LogP contribution in [0.4, 0.5) is 0 Å². The molecule has 0 bridgehead atoms. The van der Waals surface area contributed by atoms with E-state index in [9.17, 15) is 4.79 Å². The average molecular weight is 146 g/mol. The molecular formula is C8H6N2O. The predicted octanol–water partition coefficient (Wildman–Crippen LogP) is 0.601. The first-order valence-electron chi connectivity index (χ1n) is 3.03. The second kappa shape index (κ2) is 2.93. The van der Waals surface area contributed by atoms with E-state index < -0.39 is 5.78 Å². The van der Waals surface area contributed by atoms with Gasteiger partial charge in [0.2, 0.25) is 5.82 Å². The Morgan fingerprint density at radius 3 is 2.55 bits per heavy atom. The van der Waals surface area contributed by atoms with Crippen molar-refractivity contribution in [3.8, 4) is 12.3 Å². The van der Waals surface area contributed by atoms with E-state index in [2.05, 4.69) is 9.97 Å². The summed E-state index contributed by atoms with van der Waals surface area (Å²) in [5.41, 5.74) is 0.901. The zero-order valence-corrected chi connectivity index (χ0v) is 6.03. The number of ketones is 1. The maximum atomic E-state index is 10.8. The van der Waals surface area contributed by atoms with Crippen molar-refractivity contribution in [1.29, 1.82) is 0 Å². The zero-order chi connectivity index (χ0) is 8.27. The Bertz CT molecular complexity index is 308. The third kappa shape index (κ3) is 1.62. The molecule has 1 aromatic heterocycles. The van der Waals surface area contributed by atoms with Crippen LogP contribution in [0.15, 0.2) is 12.4 Å². The fourth-order valence-corrected chi connectivity index (χ4v) is 0.574. The lowest BCUT2D eigenvalue weighted by atomic mass is 10.3. The number of rotatable bonds is 1. The molecule has 1 rings (SSSR count). The van der Waals surface area contributed by atoms with Gasteiger partial charge in [-0.1, -0.05) is 0 Å². The molecule has 0 aliphatic rings. The molecule has 0 aromatic carbocycles. The zero-order valence-electron chi connectivity index (χ0n) is 6.03. The first kappa shape index (κ1) is 7.42. The second-order valence-corrected chi connectivity index (χ2v) is 2.06. The summed E-state index contributed by atoms with van der Waals surface area (Å²) < 4.78 is 0. The van der Waals surface area contributed by atoms with Crippen molar-refractivity contribution in [2.45, 2.75) is 6.92 Å². The van der Waals surface area contributed by atoms with Gasteiger partial charge in [-0.2, -0.15) is 0 Å². The maximum Gasteiger partial charge on any atom is 0.272 e. The van der Waals surface area contributed by atoms with E-state index >= 15 is 0 Å². The Hall–Kier alpha value is -1.69. The van der Waals surface area contributed by atoms with Gasteiger partial charge in [-0.25, -0.2) is 9.97 Å². The highest BCUT2D eigenvalue weighted by atomic mass is 16.1. The van der Waals surface area contributed by atoms with Crippen LogP contribution in [-0.4, -0.2) is 15.8 Å². The maximum absolute atomic E-state index is 10.8. The number of aromatic nitrogens is 2. The van der Waals surface area contributed by atoms with Crippen molar-refractivity contribution < 1.29 is 4.79 Å². The molecule has 0 saturated heterocycles. The summed E-state index contributed by atoms with van der Waals surface area (Å²) in [6.45, 7) is 1.84. The molecule has 3 heteroatoms. The van der Waals surface area contributed by atoms with Gasteiger partial charge in [0.05, 0.1) is 0 Å². The molecule has 0 unspecified atom stereocenters. The smallest absolute Gasteiger partial charge is 0.272 e. The van der Waals surface area contributed by atoms with Crippen LogP contribution < -0.4 is 0 Å². The molecule has 0 aliphatic heterocycles. The summed E-state index contributed by atoms with van der Waals surface area (Å²) in [4.78, 5) is 18.3. The van der Waals surface area contributed by atoms with Crippen molar-refractivity contribution in [2.24, 2.45) is 0 Å². The van der Waals surface area contributed by atoms with Crippen LogP contribution in [0.5, 0.6) is 0 Å². The minimum absolute atomic E-state index is 0.0816. The highest BCUT2D eigenvalue weighted by Crippen LogP contribution is 1.93. The lowest BCUT2D eigenvalue weighted by Gasteiger charge is -1.91. The average Bonchev–Trinajstić information content (AvgIpc) is 2.05. The molecule has 0 aliphatic carbocycles. The topological polar surface area (TPSA) is 42.9 Å². The SMILES string of the molecule is C#CC(=O)c1ncc(C)cn1. The Balaban J connectivity index is 3.01. The van der Waals surface area contributed by atoms with Crippen molar-refractivity contribution in [3.63, 3.8) is 0 Å². The second-order valence-electron chi connectivity index (χ2n) is 2.06. The highest BCUT2D eigenvalue weighted by Gasteiger charge is 2.02. The largest absolute Gasteiger partial charge is 0.276 e. The molecule has 0 atom stereocenters. The summed E-state index contributed by atoms with van der Waals surface area (Å²) >= 11 is 0. The fraction of sp³-hybridized carbons (Fsp3) is 0.125. The van der Waals surface area contributed by atoms with Crippen LogP contribution in [0.1, 0.15) is 16.2 Å². The van der Waals surface area contributed by atoms with Gasteiger partial charge in [0.25, 0.3) is 5.78 Å². The van der Waals surface area contributed by atoms with Crippen LogP contribution in [0.25, 0.3) is 0 Å². The molecule has 54 valence electrons. The third-order valence-corrected chi connectivity index (χ3v) is 1.12. The minimum atomic E-state index is -0.481. The van der Waals surface area contributed by atoms with Crippen LogP contribution in [0.2, 0.25) is 0 Å². The highest BCUT2D eigenvalue weighted by molar-refractivity contribution is 6.05. The van der Waals surface area contributed by atoms with Crippen molar-refractivity contribution in [3.05, 3.63) is 23.8 Å². The number of terminal acetylenes is 1. The van der Waals surface area contributed by atoms with Gasteiger partial charge in [0.15, 0.2) is 0 Å². The van der Waals surface area contributed by atoms with E-state index in [1.54, 1.807) is 12.4 Å². The van der Waals surface area contributed by atoms with Crippen LogP contribution in [-0.2, 0) is 0 Å². The quantitative estimate of drug-likeness (QED) is 0.331. The molecule has 0 radical (unpaired) electrons. The normalized spacial score (nSPS) is 8.73. The Morgan fingerprint density at radius 1 is 1.55 bits per heavy atom. The fourth-order valence-electron chi connectivity index (χ4n) is 0.574. The Morgan fingerprint density at radius 2 is 2.09 bits per heavy atom. The Kier molecular flexibility index (Phi) is 1.98. The number of carbonyl (C=O) groups is 1. The van der Waals surface area contributed by atoms with Crippen molar-refractivity contribution in [1.82, 2.24) is 9.97 Å². The van der Waals surface area contributed by atoms with Gasteiger partial charge in [-0.05, 0) is 18.4 Å². The van der Waals surface area contributed by atoms with Crippen LogP contribution in [0.3, 0.4) is 0 Å². The molecule has 0 saturated carbocycles. The number of carbonyl (C=O) groups excluding carboxylic acids is 1. The molecule has 0 amide bonds. The van der Waals surface area contributed by atoms with Gasteiger partial charge >= 0.3 is 0 Å². The monoisotopic (exact) mass is 146 g/mol. The van der Waals surface area contributed by atoms with E-state index in [1.165, 1.54) is 0 Å². The van der Waals surface area contributed by atoms with Crippen LogP contribution >= 0.6 is 0 Å². The van der Waals surface area contributed by atoms with Gasteiger partial charge in [-0.15, -0.1) is 6.42 Å². The van der Waals surface area contributed by atoms with Crippen molar-refractivity contribution >= 4 is 5.78 Å². The van der Waals surface area contributed by atoms with Crippen LogP contribution in [0, 0.1) is 19.3 Å². The minimum Gasteiger partial charge on any atom is -0.276 e. The molecule has 1 heterocycles. The van der Waals surface area contributed by atoms with E-state index in [1.807, 2.05) is 12.8 Å².